The summed E-state index contributed by atoms with van der Waals surface area (Å²) in [5.74, 6) is 0.157. The van der Waals surface area contributed by atoms with E-state index in [1.54, 1.807) is 10.9 Å². The van der Waals surface area contributed by atoms with E-state index >= 15 is 0 Å². The number of carbonyl (C=O) groups is 1. The normalized spacial score (nSPS) is 18.1. The zero-order chi connectivity index (χ0) is 13.9. The van der Waals surface area contributed by atoms with Gasteiger partial charge in [0.15, 0.2) is 0 Å². The third kappa shape index (κ3) is 3.17. The van der Waals surface area contributed by atoms with Gasteiger partial charge in [0, 0.05) is 6.20 Å². The van der Waals surface area contributed by atoms with E-state index in [1.807, 2.05) is 6.20 Å². The quantitative estimate of drug-likeness (QED) is 0.777. The third-order valence-corrected chi connectivity index (χ3v) is 3.94. The highest BCUT2D eigenvalue weighted by Crippen LogP contribution is 2.41. The van der Waals surface area contributed by atoms with Crippen molar-refractivity contribution in [3.8, 4) is 0 Å². The van der Waals surface area contributed by atoms with E-state index < -0.39 is 5.54 Å². The molecule has 19 heavy (non-hydrogen) atoms. The smallest absolute Gasteiger partial charge is 0.328 e. The molecule has 5 nitrogen and oxygen atoms in total. The summed E-state index contributed by atoms with van der Waals surface area (Å²) < 4.78 is 7.75. The fourth-order valence-corrected chi connectivity index (χ4v) is 2.75. The lowest BCUT2D eigenvalue weighted by Gasteiger charge is -2.32. The fraction of sp³-hybridized carbons (Fsp3) is 0.692. The Morgan fingerprint density at radius 1 is 1.68 bits per heavy atom. The molecule has 1 N–H and O–H groups in total. The molecule has 0 radical (unpaired) electrons. The number of halogens is 1. The van der Waals surface area contributed by atoms with E-state index in [0.717, 1.165) is 30.3 Å². The number of ether oxygens (including phenoxy) is 1. The highest BCUT2D eigenvalue weighted by atomic mass is 79.9. The number of methoxy groups -OCH3 is 1. The molecule has 0 aromatic carbocycles. The minimum absolute atomic E-state index is 0.185. The van der Waals surface area contributed by atoms with Crippen LogP contribution in [0.3, 0.4) is 0 Å². The summed E-state index contributed by atoms with van der Waals surface area (Å²) in [5, 5.41) is 7.66. The van der Waals surface area contributed by atoms with Crippen molar-refractivity contribution < 1.29 is 9.53 Å². The number of carbonyl (C=O) groups excluding carboxylic acids is 1. The van der Waals surface area contributed by atoms with Gasteiger partial charge in [-0.25, -0.2) is 4.79 Å². The van der Waals surface area contributed by atoms with Crippen molar-refractivity contribution in [3.63, 3.8) is 0 Å². The molecular weight excluding hydrogens is 310 g/mol. The SMILES string of the molecule is CCCNC(Cn1cc(Br)cn1)(C(=O)OC)C1CC1. The standard InChI is InChI=1S/C13H20BrN3O2/c1-3-6-15-13(10-4-5-10,12(18)19-2)9-17-8-11(14)7-16-17/h7-8,10,15H,3-6,9H2,1-2H3. The average molecular weight is 330 g/mol. The van der Waals surface area contributed by atoms with Crippen molar-refractivity contribution in [1.29, 1.82) is 0 Å². The molecule has 1 aromatic rings. The number of rotatable bonds is 7. The molecule has 0 saturated heterocycles. The van der Waals surface area contributed by atoms with Crippen LogP contribution in [-0.4, -0.2) is 34.9 Å². The molecule has 0 bridgehead atoms. The van der Waals surface area contributed by atoms with Gasteiger partial charge in [-0.15, -0.1) is 0 Å². The van der Waals surface area contributed by atoms with Gasteiger partial charge in [-0.05, 0) is 47.7 Å². The molecule has 1 fully saturated rings. The zero-order valence-corrected chi connectivity index (χ0v) is 12.9. The van der Waals surface area contributed by atoms with Gasteiger partial charge >= 0.3 is 5.97 Å². The Kier molecular flexibility index (Phi) is 4.62. The second-order valence-corrected chi connectivity index (χ2v) is 5.94. The Hall–Kier alpha value is -0.880. The van der Waals surface area contributed by atoms with Gasteiger partial charge in [0.25, 0.3) is 0 Å². The van der Waals surface area contributed by atoms with Crippen molar-refractivity contribution >= 4 is 21.9 Å². The molecule has 0 amide bonds. The first kappa shape index (κ1) is 14.5. The van der Waals surface area contributed by atoms with Crippen LogP contribution in [0.5, 0.6) is 0 Å². The Balaban J connectivity index is 2.22. The summed E-state index contributed by atoms with van der Waals surface area (Å²) in [4.78, 5) is 12.3. The second kappa shape index (κ2) is 6.05. The minimum Gasteiger partial charge on any atom is -0.468 e. The van der Waals surface area contributed by atoms with Gasteiger partial charge in [-0.1, -0.05) is 6.92 Å². The number of hydrogen-bond donors (Lipinski definition) is 1. The Morgan fingerprint density at radius 3 is 2.89 bits per heavy atom. The predicted molar refractivity (Wildman–Crippen MR) is 75.7 cm³/mol. The molecule has 1 aliphatic carbocycles. The molecule has 2 rings (SSSR count). The number of esters is 1. The average Bonchev–Trinajstić information content (AvgIpc) is 3.18. The van der Waals surface area contributed by atoms with E-state index in [1.165, 1.54) is 7.11 Å². The second-order valence-electron chi connectivity index (χ2n) is 5.02. The molecule has 1 atom stereocenters. The van der Waals surface area contributed by atoms with Gasteiger partial charge in [0.2, 0.25) is 0 Å². The summed E-state index contributed by atoms with van der Waals surface area (Å²) in [5.41, 5.74) is -0.643. The maximum absolute atomic E-state index is 12.3. The van der Waals surface area contributed by atoms with E-state index in [0.29, 0.717) is 12.5 Å². The zero-order valence-electron chi connectivity index (χ0n) is 11.4. The highest BCUT2D eigenvalue weighted by Gasteiger charge is 2.52. The van der Waals surface area contributed by atoms with Crippen molar-refractivity contribution in [1.82, 2.24) is 15.1 Å². The molecule has 6 heteroatoms. The maximum atomic E-state index is 12.3. The first-order chi connectivity index (χ1) is 9.12. The fourth-order valence-electron chi connectivity index (χ4n) is 2.42. The first-order valence-corrected chi connectivity index (χ1v) is 7.43. The number of nitrogens with one attached hydrogen (secondary N) is 1. The molecule has 1 saturated carbocycles. The van der Waals surface area contributed by atoms with Crippen LogP contribution in [0, 0.1) is 5.92 Å². The van der Waals surface area contributed by atoms with Crippen LogP contribution >= 0.6 is 15.9 Å². The van der Waals surface area contributed by atoms with E-state index in [-0.39, 0.29) is 5.97 Å². The van der Waals surface area contributed by atoms with E-state index in [2.05, 4.69) is 33.3 Å². The molecule has 1 heterocycles. The maximum Gasteiger partial charge on any atom is 0.328 e. The highest BCUT2D eigenvalue weighted by molar-refractivity contribution is 9.10. The van der Waals surface area contributed by atoms with Crippen LogP contribution in [0.15, 0.2) is 16.9 Å². The van der Waals surface area contributed by atoms with Gasteiger partial charge in [0.05, 0.1) is 24.3 Å². The van der Waals surface area contributed by atoms with Crippen LogP contribution in [0.2, 0.25) is 0 Å². The lowest BCUT2D eigenvalue weighted by atomic mass is 9.92. The van der Waals surface area contributed by atoms with Crippen molar-refractivity contribution in [3.05, 3.63) is 16.9 Å². The summed E-state index contributed by atoms with van der Waals surface area (Å²) >= 11 is 3.38. The monoisotopic (exact) mass is 329 g/mol. The first-order valence-electron chi connectivity index (χ1n) is 6.63. The third-order valence-electron chi connectivity index (χ3n) is 3.53. The van der Waals surface area contributed by atoms with Gasteiger partial charge in [0.1, 0.15) is 5.54 Å². The van der Waals surface area contributed by atoms with Crippen LogP contribution in [-0.2, 0) is 16.1 Å². The van der Waals surface area contributed by atoms with Crippen LogP contribution < -0.4 is 5.32 Å². The Bertz CT molecular complexity index is 445. The molecule has 0 aliphatic heterocycles. The largest absolute Gasteiger partial charge is 0.468 e. The van der Waals surface area contributed by atoms with E-state index in [4.69, 9.17) is 4.74 Å². The number of hydrogen-bond acceptors (Lipinski definition) is 4. The predicted octanol–water partition coefficient (Wildman–Crippen LogP) is 1.97. The summed E-state index contributed by atoms with van der Waals surface area (Å²) in [7, 11) is 1.45. The Labute approximate surface area is 121 Å². The Morgan fingerprint density at radius 2 is 2.42 bits per heavy atom. The van der Waals surface area contributed by atoms with Crippen LogP contribution in [0.25, 0.3) is 0 Å². The van der Waals surface area contributed by atoms with Crippen molar-refractivity contribution in [2.24, 2.45) is 5.92 Å². The lowest BCUT2D eigenvalue weighted by Crippen LogP contribution is -2.57. The molecule has 1 aromatic heterocycles. The lowest BCUT2D eigenvalue weighted by molar-refractivity contribution is -0.150. The van der Waals surface area contributed by atoms with Gasteiger partial charge < -0.3 is 10.1 Å². The molecule has 1 unspecified atom stereocenters. The molecular formula is C13H20BrN3O2. The van der Waals surface area contributed by atoms with E-state index in [9.17, 15) is 4.79 Å². The summed E-state index contributed by atoms with van der Waals surface area (Å²) in [6.07, 6.45) is 6.72. The number of aromatic nitrogens is 2. The van der Waals surface area contributed by atoms with Gasteiger partial charge in [-0.2, -0.15) is 5.10 Å². The topological polar surface area (TPSA) is 56.2 Å². The summed E-state index contributed by atoms with van der Waals surface area (Å²) in [6, 6.07) is 0. The van der Waals surface area contributed by atoms with Gasteiger partial charge in [-0.3, -0.25) is 4.68 Å². The number of nitrogens with zero attached hydrogens (tertiary/aromatic N) is 2. The van der Waals surface area contributed by atoms with Crippen LogP contribution in [0.1, 0.15) is 26.2 Å². The van der Waals surface area contributed by atoms with Crippen molar-refractivity contribution in [2.75, 3.05) is 13.7 Å². The molecule has 106 valence electrons. The molecule has 1 aliphatic rings. The molecule has 0 spiro atoms. The van der Waals surface area contributed by atoms with Crippen molar-refractivity contribution in [2.45, 2.75) is 38.3 Å². The summed E-state index contributed by atoms with van der Waals surface area (Å²) in [6.45, 7) is 3.40. The van der Waals surface area contributed by atoms with Crippen LogP contribution in [0.4, 0.5) is 0 Å². The minimum atomic E-state index is -0.643.